The number of hydrogen-bond acceptors (Lipinski definition) is 7. The summed E-state index contributed by atoms with van der Waals surface area (Å²) in [6.07, 6.45) is 1.59. The number of nitrogens with zero attached hydrogens (tertiary/aromatic N) is 4. The normalized spacial score (nSPS) is 13.8. The summed E-state index contributed by atoms with van der Waals surface area (Å²) in [7, 11) is 1.68. The molecule has 0 bridgehead atoms. The van der Waals surface area contributed by atoms with Crippen LogP contribution in [0.4, 0.5) is 17.2 Å². The number of piperazine rings is 1. The summed E-state index contributed by atoms with van der Waals surface area (Å²) in [5.41, 5.74) is 3.71. The van der Waals surface area contributed by atoms with Crippen LogP contribution in [0.15, 0.2) is 48.8 Å². The highest BCUT2D eigenvalue weighted by atomic mass is 35.5. The van der Waals surface area contributed by atoms with E-state index in [0.29, 0.717) is 15.6 Å². The van der Waals surface area contributed by atoms with Crippen molar-refractivity contribution in [2.45, 2.75) is 13.8 Å². The molecule has 2 aromatic carbocycles. The van der Waals surface area contributed by atoms with E-state index in [2.05, 4.69) is 37.2 Å². The smallest absolute Gasteiger partial charge is 0.266 e. The molecule has 2 aromatic heterocycles. The van der Waals surface area contributed by atoms with Gasteiger partial charge in [-0.25, -0.2) is 9.97 Å². The molecule has 180 valence electrons. The number of halogens is 1. The Bertz CT molecular complexity index is 1380. The first-order chi connectivity index (χ1) is 16.9. The number of aromatic nitrogens is 2. The number of rotatable bonds is 5. The highest BCUT2D eigenvalue weighted by molar-refractivity contribution is 7.20. The standard InChI is InChI=1S/C26H26ClN5O2S/c1-16-4-5-18(14-21(16)27)30-25(33)23-17(2)22-24(28-15-29-26(22)35-23)32-12-10-31(11-13-32)19-6-8-20(34-3)9-7-19/h4-9,14-15H,10-13H2,1-3H3,(H,30,33). The number of aryl methyl sites for hydroxylation is 2. The van der Waals surface area contributed by atoms with E-state index in [1.54, 1.807) is 19.5 Å². The van der Waals surface area contributed by atoms with Crippen LogP contribution >= 0.6 is 22.9 Å². The van der Waals surface area contributed by atoms with Crippen LogP contribution in [-0.4, -0.2) is 49.2 Å². The largest absolute Gasteiger partial charge is 0.497 e. The summed E-state index contributed by atoms with van der Waals surface area (Å²) in [5.74, 6) is 1.57. The molecule has 1 fully saturated rings. The summed E-state index contributed by atoms with van der Waals surface area (Å²) in [6, 6.07) is 13.7. The lowest BCUT2D eigenvalue weighted by atomic mass is 10.1. The van der Waals surface area contributed by atoms with Gasteiger partial charge in [-0.05, 0) is 61.4 Å². The fraction of sp³-hybridized carbons (Fsp3) is 0.269. The molecule has 0 radical (unpaired) electrons. The number of amides is 1. The molecule has 4 aromatic rings. The van der Waals surface area contributed by atoms with Gasteiger partial charge in [0, 0.05) is 42.6 Å². The predicted octanol–water partition coefficient (Wildman–Crippen LogP) is 5.55. The van der Waals surface area contributed by atoms with Gasteiger partial charge in [0.2, 0.25) is 0 Å². The summed E-state index contributed by atoms with van der Waals surface area (Å²) in [5, 5.41) is 4.54. The predicted molar refractivity (Wildman–Crippen MR) is 144 cm³/mol. The molecule has 1 N–H and O–H groups in total. The SMILES string of the molecule is COc1ccc(N2CCN(c3ncnc4sc(C(=O)Nc5ccc(C)c(Cl)c5)c(C)c34)CC2)cc1. The lowest BCUT2D eigenvalue weighted by Crippen LogP contribution is -2.46. The molecule has 1 amide bonds. The maximum Gasteiger partial charge on any atom is 0.266 e. The highest BCUT2D eigenvalue weighted by Gasteiger charge is 2.25. The van der Waals surface area contributed by atoms with Crippen LogP contribution in [0.3, 0.4) is 0 Å². The van der Waals surface area contributed by atoms with Crippen LogP contribution in [0.5, 0.6) is 5.75 Å². The second-order valence-corrected chi connectivity index (χ2v) is 9.93. The number of anilines is 3. The number of benzene rings is 2. The van der Waals surface area contributed by atoms with Crippen LogP contribution in [0.1, 0.15) is 20.8 Å². The van der Waals surface area contributed by atoms with E-state index >= 15 is 0 Å². The van der Waals surface area contributed by atoms with Crippen molar-refractivity contribution in [3.63, 3.8) is 0 Å². The molecule has 5 rings (SSSR count). The van der Waals surface area contributed by atoms with Gasteiger partial charge in [0.15, 0.2) is 0 Å². The Morgan fingerprint density at radius 3 is 2.43 bits per heavy atom. The fourth-order valence-electron chi connectivity index (χ4n) is 4.34. The van der Waals surface area contributed by atoms with E-state index in [1.165, 1.54) is 17.0 Å². The molecule has 0 atom stereocenters. The number of ether oxygens (including phenoxy) is 1. The van der Waals surface area contributed by atoms with Gasteiger partial charge in [-0.1, -0.05) is 17.7 Å². The third-order valence-electron chi connectivity index (χ3n) is 6.36. The van der Waals surface area contributed by atoms with Gasteiger partial charge in [-0.15, -0.1) is 11.3 Å². The fourth-order valence-corrected chi connectivity index (χ4v) is 5.56. The minimum atomic E-state index is -0.166. The number of hydrogen-bond donors (Lipinski definition) is 1. The first-order valence-electron chi connectivity index (χ1n) is 11.4. The molecular formula is C26H26ClN5O2S. The average molecular weight is 508 g/mol. The Morgan fingerprint density at radius 1 is 1.03 bits per heavy atom. The molecule has 0 aliphatic carbocycles. The summed E-state index contributed by atoms with van der Waals surface area (Å²) in [6.45, 7) is 7.32. The van der Waals surface area contributed by atoms with E-state index in [0.717, 1.165) is 59.1 Å². The van der Waals surface area contributed by atoms with E-state index in [1.807, 2.05) is 38.1 Å². The van der Waals surface area contributed by atoms with Gasteiger partial charge >= 0.3 is 0 Å². The number of nitrogens with one attached hydrogen (secondary N) is 1. The molecule has 1 aliphatic rings. The average Bonchev–Trinajstić information content (AvgIpc) is 3.23. The van der Waals surface area contributed by atoms with Crippen LogP contribution in [-0.2, 0) is 0 Å². The Hall–Kier alpha value is -3.36. The highest BCUT2D eigenvalue weighted by Crippen LogP contribution is 2.36. The van der Waals surface area contributed by atoms with Crippen molar-refractivity contribution in [1.29, 1.82) is 0 Å². The number of thiophene rings is 1. The monoisotopic (exact) mass is 507 g/mol. The zero-order valence-corrected chi connectivity index (χ0v) is 21.4. The number of carbonyl (C=O) groups excluding carboxylic acids is 1. The van der Waals surface area contributed by atoms with Crippen molar-refractivity contribution in [2.75, 3.05) is 48.4 Å². The van der Waals surface area contributed by atoms with E-state index in [-0.39, 0.29) is 5.91 Å². The van der Waals surface area contributed by atoms with Crippen LogP contribution in [0, 0.1) is 13.8 Å². The third-order valence-corrected chi connectivity index (χ3v) is 7.97. The maximum absolute atomic E-state index is 13.1. The van der Waals surface area contributed by atoms with Gasteiger partial charge in [0.1, 0.15) is 22.7 Å². The lowest BCUT2D eigenvalue weighted by molar-refractivity contribution is 0.103. The van der Waals surface area contributed by atoms with Crippen molar-refractivity contribution in [3.8, 4) is 5.75 Å². The molecule has 7 nitrogen and oxygen atoms in total. The quantitative estimate of drug-likeness (QED) is 0.382. The molecule has 0 saturated carbocycles. The molecule has 0 spiro atoms. The van der Waals surface area contributed by atoms with E-state index in [9.17, 15) is 4.79 Å². The van der Waals surface area contributed by atoms with Gasteiger partial charge in [-0.3, -0.25) is 4.79 Å². The first-order valence-corrected chi connectivity index (χ1v) is 12.6. The van der Waals surface area contributed by atoms with Crippen molar-refractivity contribution in [3.05, 3.63) is 69.8 Å². The van der Waals surface area contributed by atoms with E-state index < -0.39 is 0 Å². The van der Waals surface area contributed by atoms with Gasteiger partial charge in [-0.2, -0.15) is 0 Å². The van der Waals surface area contributed by atoms with Crippen LogP contribution in [0.2, 0.25) is 5.02 Å². The van der Waals surface area contributed by atoms with Crippen LogP contribution in [0.25, 0.3) is 10.2 Å². The summed E-state index contributed by atoms with van der Waals surface area (Å²) >= 11 is 7.62. The lowest BCUT2D eigenvalue weighted by Gasteiger charge is -2.37. The number of fused-ring (bicyclic) bond motifs is 1. The van der Waals surface area contributed by atoms with E-state index in [4.69, 9.17) is 16.3 Å². The molecule has 35 heavy (non-hydrogen) atoms. The maximum atomic E-state index is 13.1. The topological polar surface area (TPSA) is 70.6 Å². The number of methoxy groups -OCH3 is 1. The molecular weight excluding hydrogens is 482 g/mol. The van der Waals surface area contributed by atoms with Gasteiger partial charge in [0.05, 0.1) is 17.4 Å². The molecule has 9 heteroatoms. The molecule has 1 aliphatic heterocycles. The summed E-state index contributed by atoms with van der Waals surface area (Å²) < 4.78 is 5.27. The number of carbonyl (C=O) groups is 1. The third kappa shape index (κ3) is 4.63. The van der Waals surface area contributed by atoms with Gasteiger partial charge < -0.3 is 19.9 Å². The van der Waals surface area contributed by atoms with Crippen molar-refractivity contribution < 1.29 is 9.53 Å². The zero-order valence-electron chi connectivity index (χ0n) is 19.8. The Kier molecular flexibility index (Phi) is 6.49. The second kappa shape index (κ2) is 9.71. The molecule has 0 unspecified atom stereocenters. The van der Waals surface area contributed by atoms with Crippen LogP contribution < -0.4 is 19.9 Å². The Labute approximate surface area is 213 Å². The molecule has 3 heterocycles. The second-order valence-electron chi connectivity index (χ2n) is 8.52. The minimum Gasteiger partial charge on any atom is -0.497 e. The first kappa shape index (κ1) is 23.4. The minimum absolute atomic E-state index is 0.166. The Morgan fingerprint density at radius 2 is 1.74 bits per heavy atom. The van der Waals surface area contributed by atoms with Crippen molar-refractivity contribution in [2.24, 2.45) is 0 Å². The summed E-state index contributed by atoms with van der Waals surface area (Å²) in [4.78, 5) is 28.3. The van der Waals surface area contributed by atoms with Gasteiger partial charge in [0.25, 0.3) is 5.91 Å². The molecule has 1 saturated heterocycles. The zero-order chi connectivity index (χ0) is 24.5. The van der Waals surface area contributed by atoms with Crippen molar-refractivity contribution >= 4 is 56.3 Å². The Balaban J connectivity index is 1.36. The van der Waals surface area contributed by atoms with Crippen molar-refractivity contribution in [1.82, 2.24) is 9.97 Å².